The lowest BCUT2D eigenvalue weighted by molar-refractivity contribution is -0.121. The Kier molecular flexibility index (Phi) is 5.86. The summed E-state index contributed by atoms with van der Waals surface area (Å²) >= 11 is 0. The van der Waals surface area contributed by atoms with Crippen LogP contribution in [0.25, 0.3) is 33.3 Å². The van der Waals surface area contributed by atoms with Gasteiger partial charge in [0.15, 0.2) is 11.6 Å². The summed E-state index contributed by atoms with van der Waals surface area (Å²) in [5.41, 5.74) is 8.59. The fourth-order valence-corrected chi connectivity index (χ4v) is 4.98. The number of benzene rings is 3. The zero-order chi connectivity index (χ0) is 22.9. The van der Waals surface area contributed by atoms with Gasteiger partial charge in [-0.15, -0.1) is 0 Å². The van der Waals surface area contributed by atoms with E-state index >= 15 is 4.39 Å². The molecular weight excluding hydrogens is 413 g/mol. The van der Waals surface area contributed by atoms with E-state index in [0.717, 1.165) is 71.0 Å². The SMILES string of the molecule is CCCCc1ccc(-c2ccc3c4c([nH]c3c2F)-c2ccc(CC(=O)CO)cc2CC4)cc1. The highest BCUT2D eigenvalue weighted by Gasteiger charge is 2.23. The second kappa shape index (κ2) is 8.95. The number of halogens is 1. The van der Waals surface area contributed by atoms with Crippen LogP contribution in [0.15, 0.2) is 54.6 Å². The number of aliphatic hydroxyl groups excluding tert-OH is 1. The summed E-state index contributed by atoms with van der Waals surface area (Å²) in [6, 6.07) is 18.1. The third kappa shape index (κ3) is 4.00. The van der Waals surface area contributed by atoms with Crippen LogP contribution in [0.3, 0.4) is 0 Å². The van der Waals surface area contributed by atoms with Gasteiger partial charge in [-0.2, -0.15) is 0 Å². The van der Waals surface area contributed by atoms with Crippen molar-refractivity contribution in [2.24, 2.45) is 0 Å². The first-order valence-electron chi connectivity index (χ1n) is 11.8. The number of carbonyl (C=O) groups excluding carboxylic acids is 1. The second-order valence-electron chi connectivity index (χ2n) is 8.99. The summed E-state index contributed by atoms with van der Waals surface area (Å²) in [4.78, 5) is 15.0. The Morgan fingerprint density at radius 2 is 1.76 bits per heavy atom. The van der Waals surface area contributed by atoms with E-state index in [4.69, 9.17) is 5.11 Å². The van der Waals surface area contributed by atoms with E-state index in [0.29, 0.717) is 11.1 Å². The Balaban J connectivity index is 1.52. The lowest BCUT2D eigenvalue weighted by Gasteiger charge is -2.17. The first-order chi connectivity index (χ1) is 16.1. The molecule has 1 heterocycles. The van der Waals surface area contributed by atoms with Crippen molar-refractivity contribution in [1.82, 2.24) is 4.98 Å². The highest BCUT2D eigenvalue weighted by atomic mass is 19.1. The predicted molar refractivity (Wildman–Crippen MR) is 131 cm³/mol. The lowest BCUT2D eigenvalue weighted by Crippen LogP contribution is -2.09. The number of carbonyl (C=O) groups is 1. The summed E-state index contributed by atoms with van der Waals surface area (Å²) in [5.74, 6) is -0.403. The minimum absolute atomic E-state index is 0.190. The number of hydrogen-bond donors (Lipinski definition) is 2. The average molecular weight is 442 g/mol. The van der Waals surface area contributed by atoms with Crippen molar-refractivity contribution in [2.45, 2.75) is 45.4 Å². The number of fused-ring (bicyclic) bond motifs is 5. The van der Waals surface area contributed by atoms with Crippen LogP contribution in [-0.2, 0) is 30.5 Å². The zero-order valence-corrected chi connectivity index (χ0v) is 18.9. The Hall–Kier alpha value is -3.24. The molecule has 5 rings (SSSR count). The molecule has 0 saturated heterocycles. The van der Waals surface area contributed by atoms with Crippen LogP contribution in [0.1, 0.15) is 42.0 Å². The molecule has 33 heavy (non-hydrogen) atoms. The Morgan fingerprint density at radius 1 is 1.00 bits per heavy atom. The maximum absolute atomic E-state index is 15.7. The Labute approximate surface area is 193 Å². The van der Waals surface area contributed by atoms with Gasteiger partial charge < -0.3 is 10.1 Å². The van der Waals surface area contributed by atoms with Crippen molar-refractivity contribution in [3.63, 3.8) is 0 Å². The van der Waals surface area contributed by atoms with Crippen LogP contribution in [0.2, 0.25) is 0 Å². The number of Topliss-reactive ketones (excluding diaryl/α,β-unsaturated/α-hetero) is 1. The van der Waals surface area contributed by atoms with Crippen molar-refractivity contribution in [3.8, 4) is 22.4 Å². The first-order valence-corrected chi connectivity index (χ1v) is 11.8. The highest BCUT2D eigenvalue weighted by Crippen LogP contribution is 2.40. The van der Waals surface area contributed by atoms with Gasteiger partial charge in [0.2, 0.25) is 0 Å². The molecule has 168 valence electrons. The normalized spacial score (nSPS) is 12.6. The van der Waals surface area contributed by atoms with Gasteiger partial charge in [0.1, 0.15) is 6.61 Å². The van der Waals surface area contributed by atoms with Crippen LogP contribution in [0.5, 0.6) is 0 Å². The summed E-state index contributed by atoms with van der Waals surface area (Å²) in [7, 11) is 0. The Morgan fingerprint density at radius 3 is 2.52 bits per heavy atom. The van der Waals surface area contributed by atoms with Crippen LogP contribution >= 0.6 is 0 Å². The van der Waals surface area contributed by atoms with Crippen molar-refractivity contribution >= 4 is 16.7 Å². The van der Waals surface area contributed by atoms with E-state index in [1.165, 1.54) is 5.56 Å². The minimum atomic E-state index is -0.438. The van der Waals surface area contributed by atoms with Gasteiger partial charge in [-0.1, -0.05) is 67.9 Å². The Bertz CT molecular complexity index is 1330. The first kappa shape index (κ1) is 21.6. The molecule has 4 heteroatoms. The number of nitrogens with one attached hydrogen (secondary N) is 1. The van der Waals surface area contributed by atoms with Crippen molar-refractivity contribution in [2.75, 3.05) is 6.61 Å². The second-order valence-corrected chi connectivity index (χ2v) is 8.99. The van der Waals surface area contributed by atoms with E-state index in [1.54, 1.807) is 0 Å². The molecule has 0 spiro atoms. The lowest BCUT2D eigenvalue weighted by atomic mass is 9.87. The molecule has 0 aliphatic heterocycles. The number of aromatic amines is 1. The number of H-pyrrole nitrogens is 1. The molecule has 0 atom stereocenters. The fourth-order valence-electron chi connectivity index (χ4n) is 4.98. The predicted octanol–water partition coefficient (Wildman–Crippen LogP) is 6.19. The molecule has 0 bridgehead atoms. The van der Waals surface area contributed by atoms with E-state index < -0.39 is 6.61 Å². The molecule has 1 aliphatic carbocycles. The fraction of sp³-hybridized carbons (Fsp3) is 0.276. The van der Waals surface area contributed by atoms with Crippen LogP contribution in [0.4, 0.5) is 4.39 Å². The third-order valence-corrected chi connectivity index (χ3v) is 6.76. The molecule has 4 aromatic rings. The summed E-state index contributed by atoms with van der Waals surface area (Å²) in [5, 5.41) is 9.97. The summed E-state index contributed by atoms with van der Waals surface area (Å²) in [6.45, 7) is 1.75. The molecule has 0 unspecified atom stereocenters. The summed E-state index contributed by atoms with van der Waals surface area (Å²) in [6.07, 6.45) is 5.28. The number of aromatic nitrogens is 1. The average Bonchev–Trinajstić information content (AvgIpc) is 3.23. The third-order valence-electron chi connectivity index (χ3n) is 6.76. The number of ketones is 1. The monoisotopic (exact) mass is 441 g/mol. The number of aliphatic hydroxyl groups is 1. The quantitative estimate of drug-likeness (QED) is 0.359. The standard InChI is InChI=1S/C29H28FNO2/c1-2-3-4-18-5-8-20(9-6-18)23-13-14-26-25-12-10-21-15-19(16-22(33)17-32)7-11-24(21)28(25)31-29(26)27(23)30/h5-9,11,13-15,31-32H,2-4,10,12,16-17H2,1H3. The topological polar surface area (TPSA) is 53.1 Å². The number of rotatable bonds is 7. The van der Waals surface area contributed by atoms with Crippen molar-refractivity contribution in [1.29, 1.82) is 0 Å². The van der Waals surface area contributed by atoms with Crippen LogP contribution < -0.4 is 0 Å². The van der Waals surface area contributed by atoms with Gasteiger partial charge in [-0.25, -0.2) is 4.39 Å². The highest BCUT2D eigenvalue weighted by molar-refractivity contribution is 5.95. The maximum Gasteiger partial charge on any atom is 0.162 e. The summed E-state index contributed by atoms with van der Waals surface area (Å²) < 4.78 is 15.7. The molecule has 3 nitrogen and oxygen atoms in total. The van der Waals surface area contributed by atoms with Gasteiger partial charge in [-0.05, 0) is 53.5 Å². The van der Waals surface area contributed by atoms with Crippen molar-refractivity contribution in [3.05, 3.63) is 82.7 Å². The van der Waals surface area contributed by atoms with Gasteiger partial charge in [0.05, 0.1) is 11.2 Å². The number of unbranched alkanes of at least 4 members (excludes halogenated alkanes) is 1. The number of hydrogen-bond acceptors (Lipinski definition) is 2. The van der Waals surface area contributed by atoms with Gasteiger partial charge in [0, 0.05) is 22.9 Å². The molecular formula is C29H28FNO2. The molecule has 1 aliphatic rings. The van der Waals surface area contributed by atoms with Crippen LogP contribution in [0, 0.1) is 5.82 Å². The van der Waals surface area contributed by atoms with E-state index in [9.17, 15) is 4.79 Å². The molecule has 1 aromatic heterocycles. The molecule has 0 fully saturated rings. The zero-order valence-electron chi connectivity index (χ0n) is 18.9. The van der Waals surface area contributed by atoms with E-state index in [1.807, 2.05) is 42.5 Å². The maximum atomic E-state index is 15.7. The largest absolute Gasteiger partial charge is 0.389 e. The van der Waals surface area contributed by atoms with Gasteiger partial charge in [-0.3, -0.25) is 4.79 Å². The van der Waals surface area contributed by atoms with E-state index in [2.05, 4.69) is 24.0 Å². The van der Waals surface area contributed by atoms with Crippen LogP contribution in [-0.4, -0.2) is 22.5 Å². The van der Waals surface area contributed by atoms with Crippen molar-refractivity contribution < 1.29 is 14.3 Å². The molecule has 0 saturated carbocycles. The molecule has 0 amide bonds. The van der Waals surface area contributed by atoms with Gasteiger partial charge >= 0.3 is 0 Å². The minimum Gasteiger partial charge on any atom is -0.389 e. The van der Waals surface area contributed by atoms with E-state index in [-0.39, 0.29) is 18.0 Å². The smallest absolute Gasteiger partial charge is 0.162 e. The number of aryl methyl sites for hydroxylation is 3. The molecule has 2 N–H and O–H groups in total. The molecule has 3 aromatic carbocycles. The van der Waals surface area contributed by atoms with Gasteiger partial charge in [0.25, 0.3) is 0 Å². The molecule has 0 radical (unpaired) electrons.